The van der Waals surface area contributed by atoms with Crippen molar-refractivity contribution in [1.29, 1.82) is 0 Å². The normalized spacial score (nSPS) is 15.2. The first-order chi connectivity index (χ1) is 11.6. The van der Waals surface area contributed by atoms with Crippen LogP contribution in [0.4, 0.5) is 5.69 Å². The van der Waals surface area contributed by atoms with Gasteiger partial charge in [0.2, 0.25) is 5.91 Å². The molecule has 24 heavy (non-hydrogen) atoms. The molecule has 2 aromatic carbocycles. The highest BCUT2D eigenvalue weighted by Gasteiger charge is 2.52. The Hall–Kier alpha value is -2.27. The number of carbonyl (C=O) groups excluding carboxylic acids is 1. The number of aromatic amines is 1. The third kappa shape index (κ3) is 2.40. The Kier molecular flexibility index (Phi) is 3.61. The zero-order valence-corrected chi connectivity index (χ0v) is 14.8. The maximum atomic E-state index is 13.0. The highest BCUT2D eigenvalue weighted by atomic mass is 79.9. The summed E-state index contributed by atoms with van der Waals surface area (Å²) in [4.78, 5) is 16.2. The third-order valence-electron chi connectivity index (χ3n) is 4.71. The highest BCUT2D eigenvalue weighted by molar-refractivity contribution is 9.10. The standard InChI is InChI=1S/C19H17BrN2O2/c1-24-12-6-7-16-13(10-12)14(11-21-16)19(8-9-19)18(23)22-17-5-3-2-4-15(17)20/h2-7,10-11,21H,8-9H2,1H3,(H,22,23). The Labute approximate surface area is 148 Å². The van der Waals surface area contributed by atoms with Crippen LogP contribution in [0.15, 0.2) is 53.1 Å². The van der Waals surface area contributed by atoms with Crippen molar-refractivity contribution >= 4 is 38.4 Å². The molecule has 0 saturated heterocycles. The number of rotatable bonds is 4. The van der Waals surface area contributed by atoms with Crippen molar-refractivity contribution in [2.24, 2.45) is 0 Å². The number of ether oxygens (including phenoxy) is 1. The fourth-order valence-corrected chi connectivity index (χ4v) is 3.55. The first kappa shape index (κ1) is 15.3. The maximum Gasteiger partial charge on any atom is 0.235 e. The quantitative estimate of drug-likeness (QED) is 0.689. The lowest BCUT2D eigenvalue weighted by atomic mass is 9.94. The van der Waals surface area contributed by atoms with Gasteiger partial charge in [0.05, 0.1) is 18.2 Å². The predicted octanol–water partition coefficient (Wildman–Crippen LogP) is 4.61. The number of methoxy groups -OCH3 is 1. The van der Waals surface area contributed by atoms with Crippen LogP contribution in [0, 0.1) is 0 Å². The molecular formula is C19H17BrN2O2. The number of H-pyrrole nitrogens is 1. The smallest absolute Gasteiger partial charge is 0.235 e. The molecule has 1 amide bonds. The van der Waals surface area contributed by atoms with Crippen LogP contribution < -0.4 is 10.1 Å². The van der Waals surface area contributed by atoms with Gasteiger partial charge in [0.15, 0.2) is 0 Å². The van der Waals surface area contributed by atoms with Crippen molar-refractivity contribution in [3.8, 4) is 5.75 Å². The first-order valence-corrected chi connectivity index (χ1v) is 8.65. The summed E-state index contributed by atoms with van der Waals surface area (Å²) in [5.74, 6) is 0.837. The van der Waals surface area contributed by atoms with Crippen LogP contribution in [0.3, 0.4) is 0 Å². The number of hydrogen-bond acceptors (Lipinski definition) is 2. The molecule has 1 fully saturated rings. The molecule has 1 aromatic heterocycles. The van der Waals surface area contributed by atoms with E-state index in [1.165, 1.54) is 0 Å². The summed E-state index contributed by atoms with van der Waals surface area (Å²) >= 11 is 3.48. The van der Waals surface area contributed by atoms with E-state index in [-0.39, 0.29) is 5.91 Å². The SMILES string of the molecule is COc1ccc2[nH]cc(C3(C(=O)Nc4ccccc4Br)CC3)c2c1. The van der Waals surface area contributed by atoms with Crippen LogP contribution in [0.25, 0.3) is 10.9 Å². The monoisotopic (exact) mass is 384 g/mol. The average Bonchev–Trinajstić information content (AvgIpc) is 3.30. The van der Waals surface area contributed by atoms with Gasteiger partial charge < -0.3 is 15.0 Å². The van der Waals surface area contributed by atoms with Crippen molar-refractivity contribution in [2.45, 2.75) is 18.3 Å². The highest BCUT2D eigenvalue weighted by Crippen LogP contribution is 2.51. The Morgan fingerprint density at radius 2 is 2.04 bits per heavy atom. The molecule has 122 valence electrons. The van der Waals surface area contributed by atoms with Gasteiger partial charge in [-0.3, -0.25) is 4.79 Å². The van der Waals surface area contributed by atoms with E-state index in [0.29, 0.717) is 0 Å². The van der Waals surface area contributed by atoms with Gasteiger partial charge in [0.25, 0.3) is 0 Å². The molecule has 1 aliphatic carbocycles. The molecule has 1 aliphatic rings. The van der Waals surface area contributed by atoms with E-state index in [2.05, 4.69) is 26.2 Å². The van der Waals surface area contributed by atoms with Gasteiger partial charge in [-0.2, -0.15) is 0 Å². The summed E-state index contributed by atoms with van der Waals surface area (Å²) in [5.41, 5.74) is 2.40. The van der Waals surface area contributed by atoms with Gasteiger partial charge in [-0.25, -0.2) is 0 Å². The molecule has 0 radical (unpaired) electrons. The molecule has 5 heteroatoms. The molecule has 1 heterocycles. The van der Waals surface area contributed by atoms with E-state index in [4.69, 9.17) is 4.74 Å². The predicted molar refractivity (Wildman–Crippen MR) is 98.5 cm³/mol. The second kappa shape index (κ2) is 5.67. The molecule has 2 N–H and O–H groups in total. The van der Waals surface area contributed by atoms with E-state index in [1.54, 1.807) is 7.11 Å². The van der Waals surface area contributed by atoms with E-state index >= 15 is 0 Å². The summed E-state index contributed by atoms with van der Waals surface area (Å²) in [5, 5.41) is 4.11. The number of fused-ring (bicyclic) bond motifs is 1. The second-order valence-corrected chi connectivity index (χ2v) is 6.98. The summed E-state index contributed by atoms with van der Waals surface area (Å²) in [6, 6.07) is 13.6. The number of carbonyl (C=O) groups is 1. The van der Waals surface area contributed by atoms with Gasteiger partial charge in [-0.1, -0.05) is 12.1 Å². The van der Waals surface area contributed by atoms with Crippen LogP contribution >= 0.6 is 15.9 Å². The lowest BCUT2D eigenvalue weighted by Crippen LogP contribution is -2.27. The minimum Gasteiger partial charge on any atom is -0.497 e. The van der Waals surface area contributed by atoms with Gasteiger partial charge in [0.1, 0.15) is 5.75 Å². The van der Waals surface area contributed by atoms with Gasteiger partial charge in [-0.05, 0) is 64.7 Å². The minimum absolute atomic E-state index is 0.0399. The number of nitrogens with one attached hydrogen (secondary N) is 2. The molecular weight excluding hydrogens is 368 g/mol. The van der Waals surface area contributed by atoms with E-state index in [1.807, 2.05) is 48.7 Å². The van der Waals surface area contributed by atoms with Crippen molar-refractivity contribution in [1.82, 2.24) is 4.98 Å². The first-order valence-electron chi connectivity index (χ1n) is 7.86. The number of aromatic nitrogens is 1. The lowest BCUT2D eigenvalue weighted by Gasteiger charge is -2.16. The Morgan fingerprint density at radius 3 is 2.75 bits per heavy atom. The lowest BCUT2D eigenvalue weighted by molar-refractivity contribution is -0.118. The fraction of sp³-hybridized carbons (Fsp3) is 0.211. The molecule has 0 bridgehead atoms. The van der Waals surface area contributed by atoms with E-state index in [9.17, 15) is 4.79 Å². The molecule has 4 rings (SSSR count). The number of halogens is 1. The second-order valence-electron chi connectivity index (χ2n) is 6.13. The topological polar surface area (TPSA) is 54.1 Å². The summed E-state index contributed by atoms with van der Waals surface area (Å²) in [6.07, 6.45) is 3.66. The summed E-state index contributed by atoms with van der Waals surface area (Å²) in [6.45, 7) is 0. The zero-order chi connectivity index (χ0) is 16.7. The minimum atomic E-state index is -0.458. The summed E-state index contributed by atoms with van der Waals surface area (Å²) in [7, 11) is 1.65. The van der Waals surface area contributed by atoms with Crippen LogP contribution in [-0.2, 0) is 10.2 Å². The van der Waals surface area contributed by atoms with E-state index in [0.717, 1.165) is 45.2 Å². The average molecular weight is 385 g/mol. The number of amides is 1. The largest absolute Gasteiger partial charge is 0.497 e. The Morgan fingerprint density at radius 1 is 1.25 bits per heavy atom. The van der Waals surface area contributed by atoms with E-state index < -0.39 is 5.41 Å². The maximum absolute atomic E-state index is 13.0. The molecule has 0 spiro atoms. The van der Waals surface area contributed by atoms with Gasteiger partial charge >= 0.3 is 0 Å². The number of benzene rings is 2. The Bertz CT molecular complexity index is 928. The van der Waals surface area contributed by atoms with Crippen molar-refractivity contribution in [3.63, 3.8) is 0 Å². The fourth-order valence-electron chi connectivity index (χ4n) is 3.17. The van der Waals surface area contributed by atoms with Crippen LogP contribution in [0.5, 0.6) is 5.75 Å². The molecule has 0 unspecified atom stereocenters. The van der Waals surface area contributed by atoms with Gasteiger partial charge in [-0.15, -0.1) is 0 Å². The van der Waals surface area contributed by atoms with Gasteiger partial charge in [0, 0.05) is 21.6 Å². The van der Waals surface area contributed by atoms with Crippen LogP contribution in [0.2, 0.25) is 0 Å². The number of para-hydroxylation sites is 1. The molecule has 4 nitrogen and oxygen atoms in total. The molecule has 0 aliphatic heterocycles. The number of anilines is 1. The third-order valence-corrected chi connectivity index (χ3v) is 5.40. The number of hydrogen-bond donors (Lipinski definition) is 2. The molecule has 3 aromatic rings. The molecule has 1 saturated carbocycles. The summed E-state index contributed by atoms with van der Waals surface area (Å²) < 4.78 is 6.21. The van der Waals surface area contributed by atoms with Crippen molar-refractivity contribution in [2.75, 3.05) is 12.4 Å². The zero-order valence-electron chi connectivity index (χ0n) is 13.2. The van der Waals surface area contributed by atoms with Crippen LogP contribution in [0.1, 0.15) is 18.4 Å². The van der Waals surface area contributed by atoms with Crippen molar-refractivity contribution in [3.05, 3.63) is 58.7 Å². The Balaban J connectivity index is 1.70. The molecule has 0 atom stereocenters. The van der Waals surface area contributed by atoms with Crippen molar-refractivity contribution < 1.29 is 9.53 Å². The van der Waals surface area contributed by atoms with Crippen LogP contribution in [-0.4, -0.2) is 18.0 Å².